The van der Waals surface area contributed by atoms with Gasteiger partial charge in [0, 0.05) is 0 Å². The van der Waals surface area contributed by atoms with Gasteiger partial charge in [-0.15, -0.1) is 0 Å². The Labute approximate surface area is 137 Å². The molecule has 0 unspecified atom stereocenters. The highest BCUT2D eigenvalue weighted by atomic mass is 16.7. The van der Waals surface area contributed by atoms with Crippen molar-refractivity contribution in [3.63, 3.8) is 0 Å². The van der Waals surface area contributed by atoms with Gasteiger partial charge in [-0.1, -0.05) is 0 Å². The van der Waals surface area contributed by atoms with E-state index >= 15 is 0 Å². The van der Waals surface area contributed by atoms with Crippen LogP contribution in [0.2, 0.25) is 0 Å². The molecule has 8 N–H and O–H groups in total. The fraction of sp³-hybridized carbons (Fsp3) is 0.923. The van der Waals surface area contributed by atoms with Crippen molar-refractivity contribution in [1.82, 2.24) is 0 Å². The fourth-order valence-electron chi connectivity index (χ4n) is 2.26. The Morgan fingerprint density at radius 2 is 1.62 bits per heavy atom. The molecule has 0 aliphatic carbocycles. The molecule has 1 saturated heterocycles. The maximum Gasteiger partial charge on any atom is 0.187 e. The molecule has 0 aromatic rings. The summed E-state index contributed by atoms with van der Waals surface area (Å²) in [5.41, 5.74) is 0. The molecule has 1 heterocycles. The molecule has 1 rings (SSSR count). The normalized spacial score (nSPS) is 36.0. The Morgan fingerprint density at radius 3 is 2.08 bits per heavy atom. The Balaban J connectivity index is 2.89. The first-order valence-electron chi connectivity index (χ1n) is 7.27. The van der Waals surface area contributed by atoms with Crippen molar-refractivity contribution in [2.75, 3.05) is 13.2 Å². The lowest BCUT2D eigenvalue weighted by atomic mass is 9.98. The first kappa shape index (κ1) is 21.3. The predicted octanol–water partition coefficient (Wildman–Crippen LogP) is -5.16. The van der Waals surface area contributed by atoms with Gasteiger partial charge in [-0.3, -0.25) is 4.79 Å². The third-order valence-corrected chi connectivity index (χ3v) is 3.77. The molecule has 1 fully saturated rings. The number of carbonyl (C=O) groups excluding carboxylic acids is 1. The van der Waals surface area contributed by atoms with Gasteiger partial charge in [0.15, 0.2) is 12.1 Å². The summed E-state index contributed by atoms with van der Waals surface area (Å²) in [5.74, 6) is -0.802. The van der Waals surface area contributed by atoms with Gasteiger partial charge in [-0.25, -0.2) is 0 Å². The molecule has 24 heavy (non-hydrogen) atoms. The minimum Gasteiger partial charge on any atom is -0.394 e. The molecule has 0 radical (unpaired) electrons. The lowest BCUT2D eigenvalue weighted by molar-refractivity contribution is -0.316. The van der Waals surface area contributed by atoms with E-state index in [0.717, 1.165) is 6.92 Å². The van der Waals surface area contributed by atoms with Crippen LogP contribution in [0.4, 0.5) is 0 Å². The standard InChI is InChI=1S/C13H24O11/c1-4(16)12(10(21)7(18)5(17)2-14)24-13-11(22)9(20)8(19)6(3-15)23-13/h5-15,17-22H,2-3H2,1H3/t5-,6-,7-,8-,9+,10+,11-,12+,13+/m1/s1. The van der Waals surface area contributed by atoms with Crippen LogP contribution in [0, 0.1) is 0 Å². The second kappa shape index (κ2) is 9.10. The summed E-state index contributed by atoms with van der Waals surface area (Å²) >= 11 is 0. The summed E-state index contributed by atoms with van der Waals surface area (Å²) in [6.45, 7) is -0.608. The molecule has 0 saturated carbocycles. The zero-order valence-electron chi connectivity index (χ0n) is 12.9. The van der Waals surface area contributed by atoms with E-state index in [-0.39, 0.29) is 0 Å². The van der Waals surface area contributed by atoms with Crippen molar-refractivity contribution in [3.05, 3.63) is 0 Å². The molecule has 1 aliphatic heterocycles. The van der Waals surface area contributed by atoms with Gasteiger partial charge in [0.25, 0.3) is 0 Å². The molecular weight excluding hydrogens is 332 g/mol. The van der Waals surface area contributed by atoms with Gasteiger partial charge in [0.1, 0.15) is 48.8 Å². The van der Waals surface area contributed by atoms with Gasteiger partial charge in [0.2, 0.25) is 0 Å². The van der Waals surface area contributed by atoms with Crippen LogP contribution < -0.4 is 0 Å². The smallest absolute Gasteiger partial charge is 0.187 e. The van der Waals surface area contributed by atoms with Gasteiger partial charge >= 0.3 is 0 Å². The van der Waals surface area contributed by atoms with Crippen molar-refractivity contribution in [2.45, 2.75) is 62.0 Å². The Morgan fingerprint density at radius 1 is 1.04 bits per heavy atom. The number of hydrogen-bond acceptors (Lipinski definition) is 11. The van der Waals surface area contributed by atoms with E-state index in [2.05, 4.69) is 0 Å². The first-order chi connectivity index (χ1) is 11.1. The molecule has 1 aliphatic rings. The number of rotatable bonds is 8. The zero-order valence-corrected chi connectivity index (χ0v) is 12.9. The van der Waals surface area contributed by atoms with Crippen molar-refractivity contribution in [3.8, 4) is 0 Å². The van der Waals surface area contributed by atoms with E-state index in [0.29, 0.717) is 0 Å². The van der Waals surface area contributed by atoms with Crippen LogP contribution >= 0.6 is 0 Å². The number of carbonyl (C=O) groups is 1. The van der Waals surface area contributed by atoms with Crippen molar-refractivity contribution in [2.24, 2.45) is 0 Å². The second-order valence-electron chi connectivity index (χ2n) is 5.60. The van der Waals surface area contributed by atoms with Crippen LogP contribution in [0.3, 0.4) is 0 Å². The minimum atomic E-state index is -1.97. The van der Waals surface area contributed by atoms with E-state index in [1.165, 1.54) is 0 Å². The van der Waals surface area contributed by atoms with Crippen molar-refractivity contribution < 1.29 is 55.1 Å². The number of hydrogen-bond donors (Lipinski definition) is 8. The predicted molar refractivity (Wildman–Crippen MR) is 74.4 cm³/mol. The zero-order chi connectivity index (χ0) is 18.6. The molecule has 0 aromatic heterocycles. The minimum absolute atomic E-state index is 0.718. The third-order valence-electron chi connectivity index (χ3n) is 3.77. The topological polar surface area (TPSA) is 197 Å². The van der Waals surface area contributed by atoms with Crippen molar-refractivity contribution in [1.29, 1.82) is 0 Å². The summed E-state index contributed by atoms with van der Waals surface area (Å²) in [6.07, 6.45) is -15.6. The average molecular weight is 356 g/mol. The number of aliphatic hydroxyl groups excluding tert-OH is 8. The van der Waals surface area contributed by atoms with Gasteiger partial charge in [0.05, 0.1) is 13.2 Å². The molecular formula is C13H24O11. The average Bonchev–Trinajstić information content (AvgIpc) is 2.56. The van der Waals surface area contributed by atoms with Crippen molar-refractivity contribution >= 4 is 5.78 Å². The molecule has 0 spiro atoms. The number of aliphatic hydroxyl groups is 8. The second-order valence-corrected chi connectivity index (χ2v) is 5.60. The lowest BCUT2D eigenvalue weighted by Gasteiger charge is -2.41. The molecule has 142 valence electrons. The summed E-state index contributed by atoms with van der Waals surface area (Å²) < 4.78 is 10.1. The van der Waals surface area contributed by atoms with Crippen LogP contribution in [0.15, 0.2) is 0 Å². The molecule has 11 heteroatoms. The summed E-state index contributed by atoms with van der Waals surface area (Å²) in [6, 6.07) is 0. The van der Waals surface area contributed by atoms with Gasteiger partial charge in [-0.2, -0.15) is 0 Å². The molecule has 0 bridgehead atoms. The molecule has 9 atom stereocenters. The van der Waals surface area contributed by atoms with Gasteiger partial charge in [-0.05, 0) is 6.92 Å². The van der Waals surface area contributed by atoms with Crippen LogP contribution in [-0.4, -0.2) is 115 Å². The quantitative estimate of drug-likeness (QED) is 0.207. The molecule has 11 nitrogen and oxygen atoms in total. The lowest BCUT2D eigenvalue weighted by Crippen LogP contribution is -2.61. The van der Waals surface area contributed by atoms with Crippen LogP contribution in [0.1, 0.15) is 6.92 Å². The number of Topliss-reactive ketones (excluding diaryl/α,β-unsaturated/α-hetero) is 1. The van der Waals surface area contributed by atoms with Crippen LogP contribution in [0.25, 0.3) is 0 Å². The van der Waals surface area contributed by atoms with E-state index in [1.807, 2.05) is 0 Å². The largest absolute Gasteiger partial charge is 0.394 e. The summed E-state index contributed by atoms with van der Waals surface area (Å²) in [4.78, 5) is 11.6. The third kappa shape index (κ3) is 4.67. The van der Waals surface area contributed by atoms with Crippen LogP contribution in [-0.2, 0) is 14.3 Å². The Kier molecular flexibility index (Phi) is 8.08. The maximum atomic E-state index is 11.6. The van der Waals surface area contributed by atoms with E-state index in [1.54, 1.807) is 0 Å². The summed E-state index contributed by atoms with van der Waals surface area (Å²) in [7, 11) is 0. The highest BCUT2D eigenvalue weighted by molar-refractivity contribution is 5.81. The Hall–Kier alpha value is -0.730. The van der Waals surface area contributed by atoms with E-state index < -0.39 is 74.1 Å². The van der Waals surface area contributed by atoms with Crippen LogP contribution in [0.5, 0.6) is 0 Å². The monoisotopic (exact) mass is 356 g/mol. The Bertz CT molecular complexity index is 403. The van der Waals surface area contributed by atoms with E-state index in [9.17, 15) is 35.4 Å². The SMILES string of the molecule is CC(=O)[C@H](O[C@@H]1O[C@H](CO)[C@@H](O)[C@H](O)[C@H]1O)[C@@H](O)[C@H](O)[C@H](O)CO. The van der Waals surface area contributed by atoms with E-state index in [4.69, 9.17) is 19.7 Å². The fourth-order valence-corrected chi connectivity index (χ4v) is 2.26. The first-order valence-corrected chi connectivity index (χ1v) is 7.27. The highest BCUT2D eigenvalue weighted by Gasteiger charge is 2.46. The maximum absolute atomic E-state index is 11.6. The molecule has 0 amide bonds. The number of ketones is 1. The summed E-state index contributed by atoms with van der Waals surface area (Å²) in [5, 5.41) is 75.9. The molecule has 0 aromatic carbocycles. The number of ether oxygens (including phenoxy) is 2. The van der Waals surface area contributed by atoms with Gasteiger partial charge < -0.3 is 50.3 Å². The highest BCUT2D eigenvalue weighted by Crippen LogP contribution is 2.24.